The zero-order valence-electron chi connectivity index (χ0n) is 22.3. The first-order valence-corrected chi connectivity index (χ1v) is 13.6. The number of aromatic amines is 1. The number of aliphatic imine (C=N–C) groups is 1. The highest BCUT2D eigenvalue weighted by Crippen LogP contribution is 2.38. The van der Waals surface area contributed by atoms with Crippen molar-refractivity contribution < 1.29 is 9.72 Å². The highest BCUT2D eigenvalue weighted by Gasteiger charge is 2.36. The number of nitrogens with one attached hydrogen (secondary N) is 2. The highest BCUT2D eigenvalue weighted by molar-refractivity contribution is 6.24. The van der Waals surface area contributed by atoms with Crippen LogP contribution in [0.3, 0.4) is 0 Å². The molecule has 6 rings (SSSR count). The third-order valence-electron chi connectivity index (χ3n) is 7.59. The van der Waals surface area contributed by atoms with Crippen molar-refractivity contribution in [3.63, 3.8) is 0 Å². The molecule has 2 aliphatic heterocycles. The number of rotatable bonds is 7. The zero-order chi connectivity index (χ0) is 27.6. The van der Waals surface area contributed by atoms with Gasteiger partial charge in [0, 0.05) is 29.9 Å². The van der Waals surface area contributed by atoms with E-state index in [-0.39, 0.29) is 11.6 Å². The van der Waals surface area contributed by atoms with Gasteiger partial charge in [-0.2, -0.15) is 0 Å². The van der Waals surface area contributed by atoms with E-state index in [4.69, 9.17) is 4.99 Å². The number of nitro groups is 1. The van der Waals surface area contributed by atoms with Crippen LogP contribution in [-0.2, 0) is 11.3 Å². The number of imidazole rings is 1. The Morgan fingerprint density at radius 1 is 1.05 bits per heavy atom. The predicted molar refractivity (Wildman–Crippen MR) is 155 cm³/mol. The molecule has 0 spiro atoms. The third-order valence-corrected chi connectivity index (χ3v) is 7.59. The van der Waals surface area contributed by atoms with Gasteiger partial charge in [0.2, 0.25) is 5.91 Å². The number of H-pyrrole nitrogens is 1. The molecular formula is C31H30N6O3. The van der Waals surface area contributed by atoms with Crippen LogP contribution in [0.1, 0.15) is 47.7 Å². The summed E-state index contributed by atoms with van der Waals surface area (Å²) in [6.07, 6.45) is 5.55. The number of anilines is 1. The number of benzene rings is 3. The number of fused-ring (bicyclic) bond motifs is 1. The Morgan fingerprint density at radius 2 is 1.80 bits per heavy atom. The molecule has 1 unspecified atom stereocenters. The number of nitro benzene ring substituents is 1. The average Bonchev–Trinajstić information content (AvgIpc) is 3.55. The van der Waals surface area contributed by atoms with Crippen LogP contribution < -0.4 is 5.32 Å². The molecule has 0 bridgehead atoms. The Morgan fingerprint density at radius 3 is 2.48 bits per heavy atom. The van der Waals surface area contributed by atoms with E-state index >= 15 is 0 Å². The zero-order valence-corrected chi connectivity index (χ0v) is 22.3. The fourth-order valence-corrected chi connectivity index (χ4v) is 5.51. The van der Waals surface area contributed by atoms with E-state index in [0.717, 1.165) is 42.3 Å². The minimum absolute atomic E-state index is 0.0596. The highest BCUT2D eigenvalue weighted by atomic mass is 16.6. The molecule has 9 nitrogen and oxygen atoms in total. The predicted octanol–water partition coefficient (Wildman–Crippen LogP) is 6.14. The lowest BCUT2D eigenvalue weighted by atomic mass is 9.90. The van der Waals surface area contributed by atoms with Gasteiger partial charge in [-0.25, -0.2) is 4.98 Å². The summed E-state index contributed by atoms with van der Waals surface area (Å²) < 4.78 is 0. The van der Waals surface area contributed by atoms with E-state index in [0.29, 0.717) is 22.6 Å². The summed E-state index contributed by atoms with van der Waals surface area (Å²) in [5.41, 5.74) is 6.18. The molecule has 0 radical (unpaired) electrons. The van der Waals surface area contributed by atoms with Gasteiger partial charge in [0.25, 0.3) is 5.69 Å². The summed E-state index contributed by atoms with van der Waals surface area (Å²) in [5, 5.41) is 14.4. The van der Waals surface area contributed by atoms with E-state index in [1.54, 1.807) is 12.3 Å². The van der Waals surface area contributed by atoms with Gasteiger partial charge >= 0.3 is 0 Å². The van der Waals surface area contributed by atoms with E-state index in [1.807, 2.05) is 43.3 Å². The normalized spacial score (nSPS) is 17.5. The Bertz CT molecular complexity index is 1580. The molecule has 1 amide bonds. The van der Waals surface area contributed by atoms with E-state index in [2.05, 4.69) is 32.3 Å². The van der Waals surface area contributed by atoms with Crippen molar-refractivity contribution in [2.75, 3.05) is 18.4 Å². The quantitative estimate of drug-likeness (QED) is 0.168. The summed E-state index contributed by atoms with van der Waals surface area (Å²) in [7, 11) is 0. The molecule has 0 saturated carbocycles. The van der Waals surface area contributed by atoms with Crippen molar-refractivity contribution in [3.8, 4) is 11.3 Å². The SMILES string of the molecule is Cc1ncc(-c2ccc(N=C(c3ccc(CN4CCCCC4)cc3)C3C(=O)Nc4ccc([N+](=O)[O-])cc43)cc2)[nH]1. The number of carbonyl (C=O) groups is 1. The van der Waals surface area contributed by atoms with Crippen LogP contribution in [0, 0.1) is 17.0 Å². The monoisotopic (exact) mass is 534 g/mol. The first kappa shape index (κ1) is 25.6. The average molecular weight is 535 g/mol. The summed E-state index contributed by atoms with van der Waals surface area (Å²) >= 11 is 0. The second-order valence-electron chi connectivity index (χ2n) is 10.4. The summed E-state index contributed by atoms with van der Waals surface area (Å²) in [4.78, 5) is 39.3. The van der Waals surface area contributed by atoms with Gasteiger partial charge in [-0.1, -0.05) is 42.8 Å². The summed E-state index contributed by atoms with van der Waals surface area (Å²) in [6.45, 7) is 5.02. The maximum Gasteiger partial charge on any atom is 0.269 e. The first-order valence-electron chi connectivity index (χ1n) is 13.6. The van der Waals surface area contributed by atoms with Crippen LogP contribution in [0.25, 0.3) is 11.3 Å². The lowest BCUT2D eigenvalue weighted by molar-refractivity contribution is -0.384. The summed E-state index contributed by atoms with van der Waals surface area (Å²) in [6, 6.07) is 20.4. The number of amides is 1. The van der Waals surface area contributed by atoms with Gasteiger partial charge in [0.05, 0.1) is 28.2 Å². The van der Waals surface area contributed by atoms with Crippen molar-refractivity contribution in [1.29, 1.82) is 0 Å². The molecule has 1 fully saturated rings. The van der Waals surface area contributed by atoms with E-state index in [9.17, 15) is 14.9 Å². The third kappa shape index (κ3) is 5.28. The van der Waals surface area contributed by atoms with Crippen molar-refractivity contribution in [1.82, 2.24) is 14.9 Å². The molecule has 2 N–H and O–H groups in total. The van der Waals surface area contributed by atoms with Gasteiger partial charge in [-0.3, -0.25) is 24.8 Å². The van der Waals surface area contributed by atoms with Gasteiger partial charge in [0.1, 0.15) is 11.7 Å². The second kappa shape index (κ2) is 10.9. The first-order chi connectivity index (χ1) is 19.4. The van der Waals surface area contributed by atoms with Gasteiger partial charge in [-0.15, -0.1) is 0 Å². The number of aryl methyl sites for hydroxylation is 1. The Labute approximate surface area is 232 Å². The lowest BCUT2D eigenvalue weighted by Gasteiger charge is -2.26. The molecule has 40 heavy (non-hydrogen) atoms. The van der Waals surface area contributed by atoms with E-state index < -0.39 is 10.8 Å². The Kier molecular flexibility index (Phi) is 6.96. The molecule has 1 saturated heterocycles. The Balaban J connectivity index is 1.38. The fourth-order valence-electron chi connectivity index (χ4n) is 5.51. The van der Waals surface area contributed by atoms with Crippen LogP contribution >= 0.6 is 0 Å². The molecular weight excluding hydrogens is 504 g/mol. The number of non-ortho nitro benzene ring substituents is 1. The summed E-state index contributed by atoms with van der Waals surface area (Å²) in [5.74, 6) is -0.197. The molecule has 0 aliphatic carbocycles. The Hall–Kier alpha value is -4.63. The largest absolute Gasteiger partial charge is 0.342 e. The number of aromatic nitrogens is 2. The van der Waals surface area contributed by atoms with Crippen molar-refractivity contribution in [3.05, 3.63) is 106 Å². The number of hydrogen-bond donors (Lipinski definition) is 2. The van der Waals surface area contributed by atoms with Gasteiger partial charge < -0.3 is 10.3 Å². The molecule has 4 aromatic rings. The van der Waals surface area contributed by atoms with E-state index in [1.165, 1.54) is 37.0 Å². The van der Waals surface area contributed by atoms with Crippen molar-refractivity contribution >= 4 is 28.7 Å². The second-order valence-corrected chi connectivity index (χ2v) is 10.4. The van der Waals surface area contributed by atoms with Crippen molar-refractivity contribution in [2.24, 2.45) is 4.99 Å². The number of nitrogens with zero attached hydrogens (tertiary/aromatic N) is 4. The molecule has 3 aromatic carbocycles. The topological polar surface area (TPSA) is 117 Å². The number of likely N-dealkylation sites (tertiary alicyclic amines) is 1. The van der Waals surface area contributed by atoms with Crippen LogP contribution in [0.2, 0.25) is 0 Å². The van der Waals surface area contributed by atoms with Crippen LogP contribution in [0.4, 0.5) is 17.1 Å². The van der Waals surface area contributed by atoms with Gasteiger partial charge in [-0.05, 0) is 67.7 Å². The standard InChI is InChI=1S/C31H30N6O3/c1-20-32-18-28(33-20)22-9-11-24(12-10-22)34-30(23-7-5-21(6-8-23)19-36-15-3-2-4-16-36)29-26-17-25(37(39)40)13-14-27(26)35-31(29)38/h5-14,17-18,29H,2-4,15-16,19H2,1H3,(H,32,33)(H,35,38). The minimum Gasteiger partial charge on any atom is -0.342 e. The maximum atomic E-state index is 13.3. The smallest absolute Gasteiger partial charge is 0.269 e. The van der Waals surface area contributed by atoms with Crippen LogP contribution in [-0.4, -0.2) is 44.5 Å². The number of piperidine rings is 1. The van der Waals surface area contributed by atoms with Crippen LogP contribution in [0.15, 0.2) is 77.9 Å². The lowest BCUT2D eigenvalue weighted by Crippen LogP contribution is -2.29. The maximum absolute atomic E-state index is 13.3. The molecule has 1 aromatic heterocycles. The molecule has 2 aliphatic rings. The minimum atomic E-state index is -0.780. The molecule has 1 atom stereocenters. The van der Waals surface area contributed by atoms with Crippen molar-refractivity contribution in [2.45, 2.75) is 38.6 Å². The van der Waals surface area contributed by atoms with Crippen LogP contribution in [0.5, 0.6) is 0 Å². The molecule has 3 heterocycles. The number of carbonyl (C=O) groups excluding carboxylic acids is 1. The molecule has 202 valence electrons. The fraction of sp³-hybridized carbons (Fsp3) is 0.258. The van der Waals surface area contributed by atoms with Gasteiger partial charge in [0.15, 0.2) is 0 Å². The number of hydrogen-bond acceptors (Lipinski definition) is 6. The molecule has 9 heteroatoms.